The van der Waals surface area contributed by atoms with Crippen LogP contribution in [-0.4, -0.2) is 41.6 Å². The second-order valence-corrected chi connectivity index (χ2v) is 6.43. The van der Waals surface area contributed by atoms with Crippen LogP contribution < -0.4 is 0 Å². The first-order valence-electron chi connectivity index (χ1n) is 8.37. The molecule has 138 valence electrons. The van der Waals surface area contributed by atoms with Gasteiger partial charge >= 0.3 is 11.9 Å². The van der Waals surface area contributed by atoms with Crippen molar-refractivity contribution in [1.29, 1.82) is 0 Å². The summed E-state index contributed by atoms with van der Waals surface area (Å²) in [6.07, 6.45) is -0.337. The summed E-state index contributed by atoms with van der Waals surface area (Å²) >= 11 is 0. The summed E-state index contributed by atoms with van der Waals surface area (Å²) in [5, 5.41) is 10.8. The Morgan fingerprint density at radius 2 is 1.84 bits per heavy atom. The summed E-state index contributed by atoms with van der Waals surface area (Å²) < 4.78 is 15.7. The highest BCUT2D eigenvalue weighted by molar-refractivity contribution is 6.02. The molecule has 7 nitrogen and oxygen atoms in total. The van der Waals surface area contributed by atoms with Gasteiger partial charge in [-0.3, -0.25) is 14.4 Å². The first-order valence-corrected chi connectivity index (χ1v) is 8.37. The van der Waals surface area contributed by atoms with Crippen molar-refractivity contribution in [2.75, 3.05) is 13.2 Å². The number of carbonyl (C=O) groups is 3. The number of aliphatic hydroxyl groups is 1. The lowest BCUT2D eigenvalue weighted by Crippen LogP contribution is -2.55. The molecule has 1 heterocycles. The van der Waals surface area contributed by atoms with E-state index in [1.165, 1.54) is 6.92 Å². The molecule has 0 bridgehead atoms. The third-order valence-corrected chi connectivity index (χ3v) is 4.44. The van der Waals surface area contributed by atoms with E-state index in [1.807, 2.05) is 0 Å². The van der Waals surface area contributed by atoms with E-state index in [0.29, 0.717) is 5.76 Å². The summed E-state index contributed by atoms with van der Waals surface area (Å²) in [6, 6.07) is 3.28. The number of esters is 2. The van der Waals surface area contributed by atoms with Crippen LogP contribution in [0.2, 0.25) is 0 Å². The Bertz CT molecular complexity index is 658. The zero-order valence-corrected chi connectivity index (χ0v) is 14.9. The van der Waals surface area contributed by atoms with E-state index >= 15 is 0 Å². The van der Waals surface area contributed by atoms with E-state index in [-0.39, 0.29) is 25.4 Å². The molecule has 1 aliphatic carbocycles. The van der Waals surface area contributed by atoms with Crippen molar-refractivity contribution >= 4 is 17.7 Å². The minimum Gasteiger partial charge on any atom is -0.466 e. The minimum atomic E-state index is -1.66. The second-order valence-electron chi connectivity index (χ2n) is 6.43. The molecule has 7 heteroatoms. The molecular formula is C18H24O7. The standard InChI is InChI=1S/C18H24O7/c1-5-23-16(20)13-11(19)9-18(4,22)15(17(21)24-6-2)14(13)12-8-7-10(3)25-12/h7-8,13-15,22H,5-6,9H2,1-4H3/t13-,14-,15-,18+/m1/s1. The second kappa shape index (κ2) is 7.39. The predicted octanol–water partition coefficient (Wildman–Crippen LogP) is 1.75. The van der Waals surface area contributed by atoms with Crippen LogP contribution in [0.25, 0.3) is 0 Å². The van der Waals surface area contributed by atoms with Gasteiger partial charge in [0, 0.05) is 6.42 Å². The fourth-order valence-corrected chi connectivity index (χ4v) is 3.46. The molecule has 0 aromatic carbocycles. The number of ketones is 1. The van der Waals surface area contributed by atoms with Crippen molar-refractivity contribution in [3.8, 4) is 0 Å². The van der Waals surface area contributed by atoms with E-state index in [2.05, 4.69) is 0 Å². The highest BCUT2D eigenvalue weighted by Crippen LogP contribution is 2.47. The van der Waals surface area contributed by atoms with Crippen LogP contribution in [0, 0.1) is 18.8 Å². The van der Waals surface area contributed by atoms with E-state index < -0.39 is 41.1 Å². The molecule has 0 saturated heterocycles. The maximum Gasteiger partial charge on any atom is 0.317 e. The molecular weight excluding hydrogens is 328 g/mol. The van der Waals surface area contributed by atoms with Gasteiger partial charge in [0.25, 0.3) is 0 Å². The molecule has 0 amide bonds. The summed E-state index contributed by atoms with van der Waals surface area (Å²) in [5.41, 5.74) is -1.66. The summed E-state index contributed by atoms with van der Waals surface area (Å²) in [4.78, 5) is 37.6. The molecule has 1 fully saturated rings. The lowest BCUT2D eigenvalue weighted by atomic mass is 9.63. The van der Waals surface area contributed by atoms with Crippen LogP contribution >= 0.6 is 0 Å². The van der Waals surface area contributed by atoms with Gasteiger partial charge in [0.1, 0.15) is 17.4 Å². The lowest BCUT2D eigenvalue weighted by Gasteiger charge is -2.42. The fraction of sp³-hybridized carbons (Fsp3) is 0.611. The predicted molar refractivity (Wildman–Crippen MR) is 86.7 cm³/mol. The Hall–Kier alpha value is -2.15. The Morgan fingerprint density at radius 1 is 1.24 bits per heavy atom. The number of furan rings is 1. The van der Waals surface area contributed by atoms with Gasteiger partial charge in [0.15, 0.2) is 5.78 Å². The normalized spacial score (nSPS) is 29.3. The molecule has 1 aromatic heterocycles. The summed E-state index contributed by atoms with van der Waals surface area (Å²) in [7, 11) is 0. The number of carbonyl (C=O) groups excluding carboxylic acids is 3. The van der Waals surface area contributed by atoms with E-state index in [9.17, 15) is 19.5 Å². The molecule has 0 unspecified atom stereocenters. The maximum absolute atomic E-state index is 12.6. The van der Waals surface area contributed by atoms with Crippen LogP contribution in [-0.2, 0) is 23.9 Å². The van der Waals surface area contributed by atoms with E-state index in [1.54, 1.807) is 32.9 Å². The number of hydrogen-bond acceptors (Lipinski definition) is 7. The third-order valence-electron chi connectivity index (χ3n) is 4.44. The Balaban J connectivity index is 2.56. The first-order chi connectivity index (χ1) is 11.7. The van der Waals surface area contributed by atoms with Gasteiger partial charge in [-0.05, 0) is 39.8 Å². The Kier molecular flexibility index (Phi) is 5.67. The number of rotatable bonds is 5. The van der Waals surface area contributed by atoms with Gasteiger partial charge in [-0.15, -0.1) is 0 Å². The van der Waals surface area contributed by atoms with Gasteiger partial charge in [0.05, 0.1) is 30.7 Å². The van der Waals surface area contributed by atoms with Gasteiger partial charge in [-0.25, -0.2) is 0 Å². The van der Waals surface area contributed by atoms with Gasteiger partial charge in [-0.2, -0.15) is 0 Å². The average Bonchev–Trinajstić information content (AvgIpc) is 2.92. The van der Waals surface area contributed by atoms with Crippen LogP contribution in [0.5, 0.6) is 0 Å². The highest BCUT2D eigenvalue weighted by Gasteiger charge is 2.58. The molecule has 4 atom stereocenters. The summed E-state index contributed by atoms with van der Waals surface area (Å²) in [6.45, 7) is 6.62. The molecule has 25 heavy (non-hydrogen) atoms. The zero-order chi connectivity index (χ0) is 18.8. The monoisotopic (exact) mass is 352 g/mol. The Morgan fingerprint density at radius 3 is 2.36 bits per heavy atom. The number of hydrogen-bond donors (Lipinski definition) is 1. The van der Waals surface area contributed by atoms with Crippen LogP contribution in [0.1, 0.15) is 44.6 Å². The van der Waals surface area contributed by atoms with E-state index in [0.717, 1.165) is 0 Å². The number of Topliss-reactive ketones (excluding diaryl/α,β-unsaturated/α-hetero) is 1. The Labute approximate surface area is 146 Å². The smallest absolute Gasteiger partial charge is 0.317 e. The van der Waals surface area contributed by atoms with Crippen LogP contribution in [0.3, 0.4) is 0 Å². The average molecular weight is 352 g/mol. The molecule has 1 saturated carbocycles. The van der Waals surface area contributed by atoms with Gasteiger partial charge < -0.3 is 19.0 Å². The molecule has 1 aliphatic rings. The topological polar surface area (TPSA) is 103 Å². The van der Waals surface area contributed by atoms with Crippen molar-refractivity contribution in [2.45, 2.75) is 45.6 Å². The molecule has 0 aliphatic heterocycles. The van der Waals surface area contributed by atoms with Crippen molar-refractivity contribution in [1.82, 2.24) is 0 Å². The van der Waals surface area contributed by atoms with Crippen molar-refractivity contribution in [2.24, 2.45) is 11.8 Å². The van der Waals surface area contributed by atoms with Crippen LogP contribution in [0.15, 0.2) is 16.5 Å². The largest absolute Gasteiger partial charge is 0.466 e. The number of aryl methyl sites for hydroxylation is 1. The molecule has 2 rings (SSSR count). The molecule has 1 N–H and O–H groups in total. The summed E-state index contributed by atoms with van der Waals surface area (Å²) in [5.74, 6) is -4.36. The number of ether oxygens (including phenoxy) is 2. The SMILES string of the molecule is CCOC(=O)[C@@H]1C(=O)C[C@](C)(O)[C@@H](C(=O)OCC)[C@@H]1c1ccc(C)o1. The van der Waals surface area contributed by atoms with Gasteiger partial charge in [-0.1, -0.05) is 0 Å². The molecule has 0 spiro atoms. The minimum absolute atomic E-state index is 0.104. The van der Waals surface area contributed by atoms with E-state index in [4.69, 9.17) is 13.9 Å². The quantitative estimate of drug-likeness (QED) is 0.636. The van der Waals surface area contributed by atoms with Crippen molar-refractivity contribution in [3.05, 3.63) is 23.7 Å². The highest BCUT2D eigenvalue weighted by atomic mass is 16.5. The zero-order valence-electron chi connectivity index (χ0n) is 14.9. The molecule has 0 radical (unpaired) electrons. The van der Waals surface area contributed by atoms with Crippen molar-refractivity contribution in [3.63, 3.8) is 0 Å². The lowest BCUT2D eigenvalue weighted by molar-refractivity contribution is -0.173. The first kappa shape index (κ1) is 19.2. The maximum atomic E-state index is 12.6. The van der Waals surface area contributed by atoms with Crippen LogP contribution in [0.4, 0.5) is 0 Å². The third kappa shape index (κ3) is 3.76. The van der Waals surface area contributed by atoms with Crippen molar-refractivity contribution < 1.29 is 33.4 Å². The van der Waals surface area contributed by atoms with Gasteiger partial charge in [0.2, 0.25) is 0 Å². The molecule has 1 aromatic rings. The fourth-order valence-electron chi connectivity index (χ4n) is 3.46.